The van der Waals surface area contributed by atoms with Crippen LogP contribution in [0, 0.1) is 0 Å². The highest BCUT2D eigenvalue weighted by atomic mass is 16.8. The van der Waals surface area contributed by atoms with Crippen molar-refractivity contribution < 1.29 is 52.7 Å². The van der Waals surface area contributed by atoms with Gasteiger partial charge >= 0.3 is 24.4 Å². The monoisotopic (exact) mass is 555 g/mol. The van der Waals surface area contributed by atoms with E-state index in [1.165, 1.54) is 18.2 Å². The highest BCUT2D eigenvalue weighted by molar-refractivity contribution is 5.80. The van der Waals surface area contributed by atoms with Gasteiger partial charge in [-0.15, -0.1) is 0 Å². The van der Waals surface area contributed by atoms with Crippen LogP contribution in [0.3, 0.4) is 0 Å². The minimum atomic E-state index is -2.23. The molecule has 1 aromatic rings. The van der Waals surface area contributed by atoms with E-state index in [0.29, 0.717) is 19.3 Å². The number of nitrogens with one attached hydrogen (secondary N) is 1. The number of carboxylic acid groups (broad SMARTS) is 1. The molecule has 0 aliphatic heterocycles. The van der Waals surface area contributed by atoms with Gasteiger partial charge in [0.1, 0.15) is 12.2 Å². The summed E-state index contributed by atoms with van der Waals surface area (Å²) in [4.78, 5) is 49.4. The molecular formula is C27H41NO11. The molecule has 12 nitrogen and oxygen atoms in total. The zero-order valence-electron chi connectivity index (χ0n) is 23.9. The van der Waals surface area contributed by atoms with Crippen molar-refractivity contribution >= 4 is 24.4 Å². The quantitative estimate of drug-likeness (QED) is 0.127. The highest BCUT2D eigenvalue weighted by Crippen LogP contribution is 2.32. The van der Waals surface area contributed by atoms with E-state index in [-0.39, 0.29) is 23.1 Å². The fraction of sp³-hybridized carbons (Fsp3) is 0.630. The van der Waals surface area contributed by atoms with Crippen LogP contribution in [0.2, 0.25) is 0 Å². The summed E-state index contributed by atoms with van der Waals surface area (Å²) in [6, 6.07) is 3.66. The molecule has 0 aliphatic rings. The minimum Gasteiger partial charge on any atom is -0.477 e. The molecule has 0 saturated carbocycles. The van der Waals surface area contributed by atoms with Crippen LogP contribution >= 0.6 is 0 Å². The average Bonchev–Trinajstić information content (AvgIpc) is 2.84. The predicted octanol–water partition coefficient (Wildman–Crippen LogP) is 5.59. The lowest BCUT2D eigenvalue weighted by atomic mass is 10.00. The Morgan fingerprint density at radius 2 is 1.33 bits per heavy atom. The molecule has 39 heavy (non-hydrogen) atoms. The molecule has 0 heterocycles. The van der Waals surface area contributed by atoms with Crippen LogP contribution in [0.25, 0.3) is 0 Å². The van der Waals surface area contributed by atoms with Crippen molar-refractivity contribution in [2.24, 2.45) is 0 Å². The van der Waals surface area contributed by atoms with Crippen LogP contribution in [-0.2, 0) is 30.2 Å². The van der Waals surface area contributed by atoms with Gasteiger partial charge in [0, 0.05) is 12.5 Å². The Kier molecular flexibility index (Phi) is 13.5. The van der Waals surface area contributed by atoms with Crippen molar-refractivity contribution in [3.8, 4) is 11.5 Å². The van der Waals surface area contributed by atoms with Crippen molar-refractivity contribution in [3.05, 3.63) is 23.8 Å². The number of aliphatic carboxylic acids is 1. The van der Waals surface area contributed by atoms with E-state index in [1.807, 2.05) is 20.8 Å². The lowest BCUT2D eigenvalue weighted by Crippen LogP contribution is -2.59. The summed E-state index contributed by atoms with van der Waals surface area (Å²) in [5, 5.41) is 13.0. The van der Waals surface area contributed by atoms with Gasteiger partial charge in [-0.3, -0.25) is 5.32 Å². The minimum absolute atomic E-state index is 0.163. The first kappa shape index (κ1) is 33.5. The molecule has 0 bridgehead atoms. The molecule has 3 unspecified atom stereocenters. The topological polar surface area (TPSA) is 156 Å². The van der Waals surface area contributed by atoms with Gasteiger partial charge in [0.2, 0.25) is 0 Å². The fourth-order valence-corrected chi connectivity index (χ4v) is 2.99. The summed E-state index contributed by atoms with van der Waals surface area (Å²) >= 11 is 0. The standard InChI is InChI=1S/C27H41NO11/c1-9-17(6)28-27(23(29)30,39-26(33)34-16(4)5)15-20-12-13-21(37-24(31)35-18(7)10-2)22(14-20)38-25(32)36-19(8)11-3/h12-14,16-19,28H,9-11,15H2,1-8H3,(H,29,30)/t17?,18?,19?,27-/m0/s1. The molecule has 12 heteroatoms. The van der Waals surface area contributed by atoms with E-state index < -0.39 is 54.9 Å². The van der Waals surface area contributed by atoms with Gasteiger partial charge < -0.3 is 33.5 Å². The Labute approximate surface area is 229 Å². The number of rotatable bonds is 14. The first-order valence-electron chi connectivity index (χ1n) is 13.1. The molecule has 0 saturated heterocycles. The molecule has 0 aliphatic carbocycles. The molecule has 1 rings (SSSR count). The zero-order valence-corrected chi connectivity index (χ0v) is 23.9. The van der Waals surface area contributed by atoms with Crippen molar-refractivity contribution in [1.29, 1.82) is 0 Å². The van der Waals surface area contributed by atoms with E-state index in [4.69, 9.17) is 28.4 Å². The Morgan fingerprint density at radius 1 is 0.795 bits per heavy atom. The molecule has 2 N–H and O–H groups in total. The largest absolute Gasteiger partial charge is 0.514 e. The molecule has 1 aromatic carbocycles. The third-order valence-corrected chi connectivity index (χ3v) is 5.62. The van der Waals surface area contributed by atoms with Gasteiger partial charge in [-0.25, -0.2) is 19.2 Å². The Balaban J connectivity index is 3.45. The second-order valence-corrected chi connectivity index (χ2v) is 9.44. The Bertz CT molecular complexity index is 980. The van der Waals surface area contributed by atoms with E-state index in [9.17, 15) is 24.3 Å². The van der Waals surface area contributed by atoms with Gasteiger partial charge in [0.15, 0.2) is 11.5 Å². The van der Waals surface area contributed by atoms with Crippen molar-refractivity contribution in [2.45, 2.75) is 111 Å². The van der Waals surface area contributed by atoms with Crippen molar-refractivity contribution in [2.75, 3.05) is 0 Å². The zero-order chi connectivity index (χ0) is 29.8. The number of hydrogen-bond donors (Lipinski definition) is 2. The highest BCUT2D eigenvalue weighted by Gasteiger charge is 2.45. The molecule has 220 valence electrons. The van der Waals surface area contributed by atoms with Crippen molar-refractivity contribution in [1.82, 2.24) is 5.32 Å². The summed E-state index contributed by atoms with van der Waals surface area (Å²) in [7, 11) is 0. The number of hydrogen-bond acceptors (Lipinski definition) is 11. The second kappa shape index (κ2) is 15.8. The summed E-state index contributed by atoms with van der Waals surface area (Å²) in [5.74, 6) is -1.86. The van der Waals surface area contributed by atoms with Gasteiger partial charge in [0.05, 0.1) is 6.10 Å². The predicted molar refractivity (Wildman–Crippen MR) is 140 cm³/mol. The SMILES string of the molecule is CCC(C)N[C@@](Cc1ccc(OC(=O)OC(C)CC)c(OC(=O)OC(C)CC)c1)(OC(=O)OC(C)C)C(=O)O. The number of carbonyl (C=O) groups is 4. The average molecular weight is 556 g/mol. The smallest absolute Gasteiger partial charge is 0.477 e. The van der Waals surface area contributed by atoms with E-state index in [0.717, 1.165) is 0 Å². The molecule has 0 amide bonds. The summed E-state index contributed by atoms with van der Waals surface area (Å²) in [6.07, 6.45) is -3.43. The normalized spacial score (nSPS) is 14.8. The van der Waals surface area contributed by atoms with Crippen LogP contribution in [0.5, 0.6) is 11.5 Å². The van der Waals surface area contributed by atoms with Crippen LogP contribution in [0.4, 0.5) is 14.4 Å². The third kappa shape index (κ3) is 11.4. The molecule has 4 atom stereocenters. The molecule has 0 fully saturated rings. The van der Waals surface area contributed by atoms with Crippen molar-refractivity contribution in [3.63, 3.8) is 0 Å². The maximum atomic E-state index is 12.5. The van der Waals surface area contributed by atoms with Crippen LogP contribution < -0.4 is 14.8 Å². The second-order valence-electron chi connectivity index (χ2n) is 9.44. The summed E-state index contributed by atoms with van der Waals surface area (Å²) in [5.41, 5.74) is -1.96. The lowest BCUT2D eigenvalue weighted by Gasteiger charge is -2.32. The maximum absolute atomic E-state index is 12.5. The number of carbonyl (C=O) groups excluding carboxylic acids is 3. The number of benzene rings is 1. The van der Waals surface area contributed by atoms with Crippen LogP contribution in [-0.4, -0.2) is 59.6 Å². The Hall–Kier alpha value is -3.54. The third-order valence-electron chi connectivity index (χ3n) is 5.62. The first-order valence-corrected chi connectivity index (χ1v) is 13.1. The summed E-state index contributed by atoms with van der Waals surface area (Å²) < 4.78 is 31.2. The molecule has 0 spiro atoms. The van der Waals surface area contributed by atoms with E-state index in [2.05, 4.69) is 5.32 Å². The van der Waals surface area contributed by atoms with Gasteiger partial charge in [-0.2, -0.15) is 0 Å². The maximum Gasteiger partial charge on any atom is 0.514 e. The van der Waals surface area contributed by atoms with E-state index in [1.54, 1.807) is 34.6 Å². The van der Waals surface area contributed by atoms with Gasteiger partial charge in [-0.1, -0.05) is 26.8 Å². The molecular weight excluding hydrogens is 514 g/mol. The first-order chi connectivity index (χ1) is 18.2. The lowest BCUT2D eigenvalue weighted by molar-refractivity contribution is -0.167. The van der Waals surface area contributed by atoms with Crippen LogP contribution in [0.1, 0.15) is 80.2 Å². The summed E-state index contributed by atoms with van der Waals surface area (Å²) in [6.45, 7) is 13.8. The van der Waals surface area contributed by atoms with Crippen LogP contribution in [0.15, 0.2) is 18.2 Å². The fourth-order valence-electron chi connectivity index (χ4n) is 2.99. The van der Waals surface area contributed by atoms with Gasteiger partial charge in [-0.05, 0) is 71.6 Å². The number of carboxylic acids is 1. The van der Waals surface area contributed by atoms with Gasteiger partial charge in [0.25, 0.3) is 5.72 Å². The number of ether oxygens (including phenoxy) is 6. The molecule has 0 aromatic heterocycles. The Morgan fingerprint density at radius 3 is 1.79 bits per heavy atom. The van der Waals surface area contributed by atoms with E-state index >= 15 is 0 Å². The molecule has 0 radical (unpaired) electrons.